The van der Waals surface area contributed by atoms with Gasteiger partial charge in [0.25, 0.3) is 5.92 Å². The van der Waals surface area contributed by atoms with Crippen molar-refractivity contribution in [1.29, 1.82) is 0 Å². The van der Waals surface area contributed by atoms with Crippen LogP contribution in [0, 0.1) is 0 Å². The van der Waals surface area contributed by atoms with Crippen molar-refractivity contribution >= 4 is 17.9 Å². The molecule has 0 aromatic carbocycles. The molecule has 1 fully saturated rings. The predicted octanol–water partition coefficient (Wildman–Crippen LogP) is 3.30. The lowest BCUT2D eigenvalue weighted by Gasteiger charge is -2.39. The summed E-state index contributed by atoms with van der Waals surface area (Å²) in [5.41, 5.74) is -1.95. The summed E-state index contributed by atoms with van der Waals surface area (Å²) in [6, 6.07) is 1.61. The Labute approximate surface area is 243 Å². The van der Waals surface area contributed by atoms with Crippen LogP contribution in [0.2, 0.25) is 0 Å². The van der Waals surface area contributed by atoms with Crippen molar-refractivity contribution in [3.05, 3.63) is 41.5 Å². The van der Waals surface area contributed by atoms with Crippen LogP contribution in [-0.4, -0.2) is 84.6 Å². The zero-order valence-electron chi connectivity index (χ0n) is 23.6. The number of piperidine rings is 1. The largest absolute Gasteiger partial charge is 0.444 e. The number of amides is 3. The summed E-state index contributed by atoms with van der Waals surface area (Å²) in [7, 11) is 0. The number of likely N-dealkylation sites (tertiary alicyclic amines) is 1. The van der Waals surface area contributed by atoms with Gasteiger partial charge in [-0.05, 0) is 39.3 Å². The first-order chi connectivity index (χ1) is 19.9. The Morgan fingerprint density at radius 1 is 1.16 bits per heavy atom. The maximum atomic E-state index is 14.2. The van der Waals surface area contributed by atoms with Crippen LogP contribution in [-0.2, 0) is 33.5 Å². The topological polar surface area (TPSA) is 138 Å². The SMILES string of the molecule is CC(C)(C)OC(=O)N[C@@H](CC(=O)N1CCc2c(nc(-c3ccncc3)nc2C(F)(F)F)C1)CN1C(=O)CCC(F)(F)C1O. The van der Waals surface area contributed by atoms with Gasteiger partial charge in [0.15, 0.2) is 17.7 Å². The Hall–Kier alpha value is -3.95. The fraction of sp³-hybridized carbons (Fsp3) is 0.556. The summed E-state index contributed by atoms with van der Waals surface area (Å²) in [5, 5.41) is 12.5. The third-order valence-electron chi connectivity index (χ3n) is 6.85. The van der Waals surface area contributed by atoms with Crippen LogP contribution in [0.5, 0.6) is 0 Å². The minimum Gasteiger partial charge on any atom is -0.444 e. The van der Waals surface area contributed by atoms with Gasteiger partial charge in [-0.15, -0.1) is 0 Å². The quantitative estimate of drug-likeness (QED) is 0.473. The second kappa shape index (κ2) is 12.0. The molecule has 2 N–H and O–H groups in total. The maximum absolute atomic E-state index is 14.2. The number of aliphatic hydroxyl groups excluding tert-OH is 1. The minimum absolute atomic E-state index is 0.0216. The molecule has 0 spiro atoms. The van der Waals surface area contributed by atoms with Crippen molar-refractivity contribution in [2.75, 3.05) is 13.1 Å². The molecule has 234 valence electrons. The second-order valence-electron chi connectivity index (χ2n) is 11.3. The number of hydrogen-bond acceptors (Lipinski definition) is 8. The van der Waals surface area contributed by atoms with E-state index in [4.69, 9.17) is 4.74 Å². The molecule has 2 aromatic rings. The summed E-state index contributed by atoms with van der Waals surface area (Å²) in [4.78, 5) is 51.9. The first-order valence-corrected chi connectivity index (χ1v) is 13.4. The van der Waals surface area contributed by atoms with Gasteiger partial charge in [-0.2, -0.15) is 13.2 Å². The van der Waals surface area contributed by atoms with Gasteiger partial charge in [0.1, 0.15) is 5.60 Å². The molecule has 43 heavy (non-hydrogen) atoms. The number of fused-ring (bicyclic) bond motifs is 1. The Bertz CT molecular complexity index is 1370. The molecule has 0 radical (unpaired) electrons. The molecule has 0 aliphatic carbocycles. The molecule has 4 rings (SSSR count). The van der Waals surface area contributed by atoms with Crippen molar-refractivity contribution in [1.82, 2.24) is 30.1 Å². The summed E-state index contributed by atoms with van der Waals surface area (Å²) in [6.45, 7) is 3.63. The second-order valence-corrected chi connectivity index (χ2v) is 11.3. The fourth-order valence-corrected chi connectivity index (χ4v) is 4.83. The molecule has 11 nitrogen and oxygen atoms in total. The lowest BCUT2D eigenvalue weighted by Crippen LogP contribution is -2.59. The van der Waals surface area contributed by atoms with Crippen molar-refractivity contribution in [3.8, 4) is 11.4 Å². The number of rotatable bonds is 6. The van der Waals surface area contributed by atoms with E-state index >= 15 is 0 Å². The Balaban J connectivity index is 1.58. The third kappa shape index (κ3) is 7.72. The van der Waals surface area contributed by atoms with Gasteiger partial charge in [-0.3, -0.25) is 14.6 Å². The number of carbonyl (C=O) groups excluding carboxylic acids is 3. The van der Waals surface area contributed by atoms with E-state index in [2.05, 4.69) is 20.3 Å². The van der Waals surface area contributed by atoms with Gasteiger partial charge in [-0.25, -0.2) is 23.5 Å². The van der Waals surface area contributed by atoms with E-state index in [0.29, 0.717) is 4.90 Å². The number of pyridine rings is 1. The fourth-order valence-electron chi connectivity index (χ4n) is 4.83. The van der Waals surface area contributed by atoms with Crippen LogP contribution >= 0.6 is 0 Å². The number of alkyl halides is 5. The molecule has 2 aliphatic rings. The van der Waals surface area contributed by atoms with E-state index < -0.39 is 79.4 Å². The molecule has 4 heterocycles. The highest BCUT2D eigenvalue weighted by molar-refractivity contribution is 5.80. The lowest BCUT2D eigenvalue weighted by molar-refractivity contribution is -0.205. The average Bonchev–Trinajstić information content (AvgIpc) is 2.91. The molecule has 2 aliphatic heterocycles. The van der Waals surface area contributed by atoms with Gasteiger partial charge in [0, 0.05) is 55.9 Å². The molecule has 2 atom stereocenters. The van der Waals surface area contributed by atoms with E-state index in [9.17, 15) is 41.4 Å². The Kier molecular flexibility index (Phi) is 8.90. The summed E-state index contributed by atoms with van der Waals surface area (Å²) < 4.78 is 75.4. The summed E-state index contributed by atoms with van der Waals surface area (Å²) in [6.07, 6.45) is -7.67. The van der Waals surface area contributed by atoms with E-state index in [-0.39, 0.29) is 42.2 Å². The molecular formula is C27H31F5N6O5. The summed E-state index contributed by atoms with van der Waals surface area (Å²) in [5.74, 6) is -5.26. The van der Waals surface area contributed by atoms with E-state index in [1.807, 2.05) is 0 Å². The molecule has 0 saturated carbocycles. The smallest absolute Gasteiger partial charge is 0.433 e. The first-order valence-electron chi connectivity index (χ1n) is 13.4. The number of halogens is 5. The van der Waals surface area contributed by atoms with Crippen LogP contribution in [0.1, 0.15) is 57.0 Å². The van der Waals surface area contributed by atoms with Crippen LogP contribution in [0.25, 0.3) is 11.4 Å². The highest BCUT2D eigenvalue weighted by Gasteiger charge is 2.49. The molecule has 3 amide bonds. The van der Waals surface area contributed by atoms with Crippen LogP contribution in [0.15, 0.2) is 24.5 Å². The van der Waals surface area contributed by atoms with Crippen molar-refractivity contribution in [2.45, 2.75) is 83.0 Å². The number of carbonyl (C=O) groups is 3. The zero-order valence-corrected chi connectivity index (χ0v) is 23.6. The first kappa shape index (κ1) is 32.0. The number of nitrogens with zero attached hydrogens (tertiary/aromatic N) is 5. The zero-order chi connectivity index (χ0) is 31.7. The number of alkyl carbamates (subject to hydrolysis) is 1. The molecule has 1 unspecified atom stereocenters. The predicted molar refractivity (Wildman–Crippen MR) is 139 cm³/mol. The highest BCUT2D eigenvalue weighted by atomic mass is 19.4. The lowest BCUT2D eigenvalue weighted by atomic mass is 10.00. The van der Waals surface area contributed by atoms with E-state index in [1.54, 1.807) is 20.8 Å². The number of aromatic nitrogens is 3. The number of nitrogens with one attached hydrogen (secondary N) is 1. The minimum atomic E-state index is -4.78. The molecular weight excluding hydrogens is 583 g/mol. The third-order valence-corrected chi connectivity index (χ3v) is 6.85. The number of aliphatic hydroxyl groups is 1. The Morgan fingerprint density at radius 3 is 2.47 bits per heavy atom. The van der Waals surface area contributed by atoms with Crippen LogP contribution in [0.3, 0.4) is 0 Å². The van der Waals surface area contributed by atoms with E-state index in [1.165, 1.54) is 29.4 Å². The summed E-state index contributed by atoms with van der Waals surface area (Å²) >= 11 is 0. The highest BCUT2D eigenvalue weighted by Crippen LogP contribution is 2.36. The van der Waals surface area contributed by atoms with Gasteiger partial charge in [0.05, 0.1) is 18.3 Å². The van der Waals surface area contributed by atoms with Crippen molar-refractivity contribution in [2.24, 2.45) is 0 Å². The maximum Gasteiger partial charge on any atom is 0.433 e. The molecule has 0 bridgehead atoms. The van der Waals surface area contributed by atoms with Gasteiger partial charge in [-0.1, -0.05) is 0 Å². The Morgan fingerprint density at radius 2 is 1.84 bits per heavy atom. The molecule has 16 heteroatoms. The molecule has 1 saturated heterocycles. The van der Waals surface area contributed by atoms with Gasteiger partial charge in [0.2, 0.25) is 11.8 Å². The normalized spacial score (nSPS) is 19.5. The van der Waals surface area contributed by atoms with Crippen LogP contribution < -0.4 is 5.32 Å². The van der Waals surface area contributed by atoms with Crippen molar-refractivity contribution in [3.63, 3.8) is 0 Å². The van der Waals surface area contributed by atoms with Crippen LogP contribution in [0.4, 0.5) is 26.7 Å². The van der Waals surface area contributed by atoms with E-state index in [0.717, 1.165) is 0 Å². The monoisotopic (exact) mass is 614 g/mol. The molecule has 2 aromatic heterocycles. The van der Waals surface area contributed by atoms with Crippen molar-refractivity contribution < 1.29 is 46.2 Å². The number of ether oxygens (including phenoxy) is 1. The number of hydrogen-bond donors (Lipinski definition) is 2. The van der Waals surface area contributed by atoms with Gasteiger partial charge < -0.3 is 25.0 Å². The van der Waals surface area contributed by atoms with Gasteiger partial charge >= 0.3 is 12.3 Å². The standard InChI is InChI=1S/C27H31F5N6O5/c1-25(2,3)43-24(42)34-16(13-38-19(39)4-8-26(28,29)23(38)41)12-20(40)37-11-7-17-18(14-37)35-22(15-5-9-33-10-6-15)36-21(17)27(30,31)32/h5-6,9-10,16,23,41H,4,7-8,11-14H2,1-3H3,(H,34,42)/t16-,23?/m0/s1. The average molecular weight is 615 g/mol.